The smallest absolute Gasteiger partial charge is 0.337 e. The molecule has 0 radical (unpaired) electrons. The van der Waals surface area contributed by atoms with Crippen LogP contribution in [0.2, 0.25) is 0 Å². The van der Waals surface area contributed by atoms with E-state index in [1.54, 1.807) is 12.3 Å². The number of H-pyrrole nitrogens is 1. The molecule has 3 aliphatic heterocycles. The summed E-state index contributed by atoms with van der Waals surface area (Å²) in [7, 11) is 0. The van der Waals surface area contributed by atoms with Crippen molar-refractivity contribution in [2.45, 2.75) is 105 Å². The Kier molecular flexibility index (Phi) is 18.0. The summed E-state index contributed by atoms with van der Waals surface area (Å²) in [6, 6.07) is 14.1. The fourth-order valence-electron chi connectivity index (χ4n) is 11.2. The van der Waals surface area contributed by atoms with E-state index in [0.29, 0.717) is 47.0 Å². The summed E-state index contributed by atoms with van der Waals surface area (Å²) in [4.78, 5) is 66.9. The minimum atomic E-state index is -3.47. The van der Waals surface area contributed by atoms with Crippen molar-refractivity contribution in [1.29, 1.82) is 0 Å². The minimum Gasteiger partial charge on any atom is -0.508 e. The first-order valence-corrected chi connectivity index (χ1v) is 26.9. The van der Waals surface area contributed by atoms with Gasteiger partial charge in [-0.3, -0.25) is 20.4 Å². The van der Waals surface area contributed by atoms with Crippen LogP contribution in [0.25, 0.3) is 44.3 Å². The van der Waals surface area contributed by atoms with Gasteiger partial charge in [-0.15, -0.1) is 0 Å². The molecule has 3 aromatic carbocycles. The Hall–Kier alpha value is -7.73. The van der Waals surface area contributed by atoms with E-state index in [2.05, 4.69) is 31.2 Å². The number of hydrogen-bond donors (Lipinski definition) is 15. The van der Waals surface area contributed by atoms with Crippen LogP contribution in [0.1, 0.15) is 36.8 Å². The maximum Gasteiger partial charge on any atom is 0.337 e. The normalized spacial score (nSPS) is 25.9. The molecule has 2 saturated heterocycles. The van der Waals surface area contributed by atoms with E-state index < -0.39 is 109 Å². The molecule has 3 aliphatic rings. The second-order valence-electron chi connectivity index (χ2n) is 21.1. The fraction of sp³-hybridized carbons (Fsp3) is 0.421. The van der Waals surface area contributed by atoms with Gasteiger partial charge in [0.05, 0.1) is 41.9 Å². The number of carboxylic acid groups (broad SMARTS) is 1. The van der Waals surface area contributed by atoms with Crippen molar-refractivity contribution in [2.24, 2.45) is 16.6 Å². The highest BCUT2D eigenvalue weighted by atomic mass is 16.8. The Labute approximate surface area is 473 Å². The van der Waals surface area contributed by atoms with Gasteiger partial charge in [0, 0.05) is 73.8 Å². The number of nitrogens with two attached hydrogens (primary N) is 1. The Balaban J connectivity index is 1.21. The van der Waals surface area contributed by atoms with E-state index >= 15 is 0 Å². The molecule has 0 amide bonds. The lowest BCUT2D eigenvalue weighted by Crippen LogP contribution is -2.86. The van der Waals surface area contributed by atoms with Gasteiger partial charge in [-0.05, 0) is 74.7 Å². The first-order chi connectivity index (χ1) is 39.8. The van der Waals surface area contributed by atoms with Gasteiger partial charge in [-0.2, -0.15) is 4.73 Å². The molecule has 26 heteroatoms. The number of fused-ring (bicyclic) bond motifs is 3. The first kappa shape index (κ1) is 59.9. The molecule has 6 aromatic rings. The molecule has 3 aromatic heterocycles. The molecule has 6 heterocycles. The number of rotatable bonds is 23. The predicted octanol–water partition coefficient (Wildman–Crippen LogP) is -0.486. The molecule has 444 valence electrons. The van der Waals surface area contributed by atoms with Crippen LogP contribution in [0, 0.1) is 19.8 Å². The number of guanidine groups is 1. The number of aliphatic carboxylic acids is 1. The van der Waals surface area contributed by atoms with Gasteiger partial charge in [-0.1, -0.05) is 41.5 Å². The molecule has 0 spiro atoms. The van der Waals surface area contributed by atoms with Crippen LogP contribution < -0.4 is 42.0 Å². The number of ether oxygens (including phenoxy) is 3. The van der Waals surface area contributed by atoms with Crippen LogP contribution in [0.3, 0.4) is 0 Å². The quantitative estimate of drug-likeness (QED) is 0.00563. The molecule has 83 heavy (non-hydrogen) atoms. The number of aldehydes is 1. The molecule has 26 nitrogen and oxygen atoms in total. The number of carbonyl (C=O) groups excluding carboxylic acids is 2. The van der Waals surface area contributed by atoms with E-state index in [4.69, 9.17) is 29.2 Å². The maximum atomic E-state index is 14.4. The Bertz CT molecular complexity index is 3400. The number of piperidine rings is 1. The second-order valence-corrected chi connectivity index (χ2v) is 21.1. The number of aliphatic hydroxyl groups is 7. The van der Waals surface area contributed by atoms with Crippen molar-refractivity contribution >= 4 is 46.1 Å². The van der Waals surface area contributed by atoms with Gasteiger partial charge in [0.2, 0.25) is 24.2 Å². The highest BCUT2D eigenvalue weighted by molar-refractivity contribution is 5.98. The van der Waals surface area contributed by atoms with Crippen molar-refractivity contribution in [3.8, 4) is 33.9 Å². The maximum absolute atomic E-state index is 14.4. The third kappa shape index (κ3) is 12.1. The number of aliphatic hydroxyl groups excluding tert-OH is 5. The van der Waals surface area contributed by atoms with Crippen LogP contribution in [0.15, 0.2) is 112 Å². The van der Waals surface area contributed by atoms with E-state index in [-0.39, 0.29) is 65.9 Å². The number of nitrogens with one attached hydrogen (secondary N) is 5. The summed E-state index contributed by atoms with van der Waals surface area (Å²) in [6.45, 7) is -0.0642. The highest BCUT2D eigenvalue weighted by Crippen LogP contribution is 2.47. The number of aryl methyl sites for hydroxylation is 2. The number of carbonyl (C=O) groups is 3. The van der Waals surface area contributed by atoms with E-state index in [1.165, 1.54) is 59.7 Å². The number of hydrogen-bond acceptors (Lipinski definition) is 21. The van der Waals surface area contributed by atoms with Crippen LogP contribution in [-0.2, 0) is 23.9 Å². The van der Waals surface area contributed by atoms with Gasteiger partial charge in [0.15, 0.2) is 28.7 Å². The third-order valence-electron chi connectivity index (χ3n) is 15.3. The monoisotopic (exact) mass is 1150 g/mol. The zero-order chi connectivity index (χ0) is 59.4. The summed E-state index contributed by atoms with van der Waals surface area (Å²) >= 11 is 0. The summed E-state index contributed by atoms with van der Waals surface area (Å²) in [5.74, 6) is -4.40. The van der Waals surface area contributed by atoms with Crippen LogP contribution in [0.4, 0.5) is 0 Å². The number of phenolic OH excluding ortho intramolecular Hbond substituents is 1. The summed E-state index contributed by atoms with van der Waals surface area (Å²) in [5, 5.41) is 116. The number of benzene rings is 3. The summed E-state index contributed by atoms with van der Waals surface area (Å²) in [6.07, 6.45) is -2.37. The van der Waals surface area contributed by atoms with Crippen molar-refractivity contribution in [2.75, 3.05) is 39.5 Å². The van der Waals surface area contributed by atoms with Gasteiger partial charge >= 0.3 is 11.9 Å². The van der Waals surface area contributed by atoms with Gasteiger partial charge in [0.1, 0.15) is 48.2 Å². The standard InChI is InChI=1S/C57H68N8O18/c1-30-19-31(2)21-35(20-30)47-45-34(14-16-60-45)26-65(47)83-49-52(80-38-12-13-39-42(22-38)79-27-40(48(39)73)32-7-10-37(70)11-8-32)81-53(55(77,28-68)57(49,78)43(71)5-3-17-66)56(29-69,82-51(76)46(50(74)75)59-15-4-18-67)64-54(58)62-25-36-9-6-33-24-61-44(72)23-41(33)63-36/h6-14,16,18-22,26-27,33,36,41,43-44,46,49,52-53,59-61,63,66,68-72,77-78H,3-5,15,17,23-25,28-29H2,1-2H3,(H,74,75)(H3,58,62,64)/t33-,36+,41-,43-,44+,46-,49-,52+,53-,55+,56-,57+/m1/s1. The molecular formula is C57H68N8O18. The SMILES string of the molecule is Cc1cc(C)cc(-c2c3[nH]ccc3cn2O[C@@H]2[C@@H](Oc3ccc4c(=O)c(-c5ccc(O)cc5)coc4c3)O[C@@H]([C@](CO)(NC(N)=NC[C@@H]3C=C[C@@H]4CN[C@@H](O)C[C@H]4N3)OC(=O)[C@H](NCCC=O)C(=O)O)[C@@](O)(CO)[C@]2(O)[C@H](O)CCCO)c1. The largest absolute Gasteiger partial charge is 0.508 e. The lowest BCUT2D eigenvalue weighted by atomic mass is 9.66. The number of aromatic hydroxyl groups is 1. The minimum absolute atomic E-state index is 0.0229. The van der Waals surface area contributed by atoms with Crippen molar-refractivity contribution < 1.29 is 83.8 Å². The topological polar surface area (TPSA) is 408 Å². The molecule has 0 unspecified atom stereocenters. The number of carboxylic acids is 1. The fourth-order valence-corrected chi connectivity index (χ4v) is 11.2. The second kappa shape index (κ2) is 25.0. The van der Waals surface area contributed by atoms with Crippen molar-refractivity contribution in [3.63, 3.8) is 0 Å². The first-order valence-electron chi connectivity index (χ1n) is 26.9. The van der Waals surface area contributed by atoms with Crippen molar-refractivity contribution in [3.05, 3.63) is 119 Å². The molecule has 0 saturated carbocycles. The molecule has 16 N–H and O–H groups in total. The molecule has 2 fully saturated rings. The van der Waals surface area contributed by atoms with Gasteiger partial charge in [-0.25, -0.2) is 9.59 Å². The van der Waals surface area contributed by atoms with Gasteiger partial charge in [0.25, 0.3) is 0 Å². The van der Waals surface area contributed by atoms with Crippen LogP contribution >= 0.6 is 0 Å². The van der Waals surface area contributed by atoms with E-state index in [0.717, 1.165) is 11.1 Å². The zero-order valence-electron chi connectivity index (χ0n) is 45.3. The number of nitrogens with zero attached hydrogens (tertiary/aromatic N) is 2. The summed E-state index contributed by atoms with van der Waals surface area (Å²) < 4.78 is 26.4. The Morgan fingerprint density at radius 2 is 1.80 bits per heavy atom. The predicted molar refractivity (Wildman–Crippen MR) is 297 cm³/mol. The number of aromatic nitrogens is 2. The Morgan fingerprint density at radius 1 is 1.04 bits per heavy atom. The highest BCUT2D eigenvalue weighted by Gasteiger charge is 2.75. The number of esters is 1. The Morgan fingerprint density at radius 3 is 2.49 bits per heavy atom. The average Bonchev–Trinajstić information content (AvgIpc) is 0.884. The molecule has 0 aliphatic carbocycles. The lowest BCUT2D eigenvalue weighted by molar-refractivity contribution is -0.400. The third-order valence-corrected chi connectivity index (χ3v) is 15.3. The number of phenols is 1. The lowest BCUT2D eigenvalue weighted by Gasteiger charge is -2.59. The van der Waals surface area contributed by atoms with E-state index in [1.807, 2.05) is 44.2 Å². The average molecular weight is 1150 g/mol. The molecule has 9 rings (SSSR count). The summed E-state index contributed by atoms with van der Waals surface area (Å²) in [5.41, 5.74) is -0.280. The number of aromatic amines is 1. The molecule has 12 atom stereocenters. The van der Waals surface area contributed by atoms with E-state index in [9.17, 15) is 65.1 Å². The zero-order valence-corrected chi connectivity index (χ0v) is 45.3. The molecular weight excluding hydrogens is 1080 g/mol. The van der Waals surface area contributed by atoms with Crippen LogP contribution in [-0.4, -0.2) is 185 Å². The van der Waals surface area contributed by atoms with Crippen molar-refractivity contribution in [1.82, 2.24) is 31.0 Å². The molecule has 0 bridgehead atoms. The number of aliphatic imine (C=N–C) groups is 1. The van der Waals surface area contributed by atoms with Gasteiger partial charge < -0.3 is 95.6 Å². The van der Waals surface area contributed by atoms with Crippen LogP contribution in [0.5, 0.6) is 11.5 Å².